The predicted octanol–water partition coefficient (Wildman–Crippen LogP) is 3.93. The van der Waals surface area contributed by atoms with Gasteiger partial charge in [-0.15, -0.1) is 0 Å². The fourth-order valence-corrected chi connectivity index (χ4v) is 2.09. The first-order valence-electron chi connectivity index (χ1n) is 7.11. The molecule has 0 aliphatic heterocycles. The minimum Gasteiger partial charge on any atom is -0.488 e. The van der Waals surface area contributed by atoms with Gasteiger partial charge < -0.3 is 9.47 Å². The molecule has 0 heterocycles. The lowest BCUT2D eigenvalue weighted by atomic mass is 10.0. The SMILES string of the molecule is COCCC(=O)c1cc(C)ccc1OCc1ccccc1F. The van der Waals surface area contributed by atoms with Gasteiger partial charge in [0.05, 0.1) is 12.2 Å². The van der Waals surface area contributed by atoms with Gasteiger partial charge >= 0.3 is 0 Å². The van der Waals surface area contributed by atoms with Crippen LogP contribution in [0.25, 0.3) is 0 Å². The Hall–Kier alpha value is -2.20. The molecule has 0 bridgehead atoms. The average Bonchev–Trinajstić information content (AvgIpc) is 2.52. The van der Waals surface area contributed by atoms with E-state index in [9.17, 15) is 9.18 Å². The molecule has 3 nitrogen and oxygen atoms in total. The average molecular weight is 302 g/mol. The van der Waals surface area contributed by atoms with Gasteiger partial charge in [-0.2, -0.15) is 0 Å². The van der Waals surface area contributed by atoms with Crippen molar-refractivity contribution in [1.29, 1.82) is 0 Å². The van der Waals surface area contributed by atoms with Crippen molar-refractivity contribution >= 4 is 5.78 Å². The highest BCUT2D eigenvalue weighted by atomic mass is 19.1. The van der Waals surface area contributed by atoms with Crippen molar-refractivity contribution in [3.8, 4) is 5.75 Å². The number of carbonyl (C=O) groups is 1. The van der Waals surface area contributed by atoms with E-state index in [2.05, 4.69) is 0 Å². The lowest BCUT2D eigenvalue weighted by Crippen LogP contribution is -2.07. The van der Waals surface area contributed by atoms with Crippen LogP contribution in [0.2, 0.25) is 0 Å². The Balaban J connectivity index is 2.16. The number of methoxy groups -OCH3 is 1. The second-order valence-electron chi connectivity index (χ2n) is 5.05. The first-order valence-corrected chi connectivity index (χ1v) is 7.11. The molecule has 0 N–H and O–H groups in total. The number of rotatable bonds is 7. The molecule has 0 radical (unpaired) electrons. The van der Waals surface area contributed by atoms with Crippen LogP contribution in [-0.4, -0.2) is 19.5 Å². The van der Waals surface area contributed by atoms with Crippen LogP contribution in [0.15, 0.2) is 42.5 Å². The van der Waals surface area contributed by atoms with E-state index in [1.807, 2.05) is 13.0 Å². The van der Waals surface area contributed by atoms with Crippen LogP contribution in [-0.2, 0) is 11.3 Å². The van der Waals surface area contributed by atoms with E-state index >= 15 is 0 Å². The third-order valence-electron chi connectivity index (χ3n) is 3.31. The molecular weight excluding hydrogens is 283 g/mol. The van der Waals surface area contributed by atoms with Gasteiger partial charge in [-0.3, -0.25) is 4.79 Å². The van der Waals surface area contributed by atoms with E-state index in [1.54, 1.807) is 37.4 Å². The second kappa shape index (κ2) is 7.71. The number of hydrogen-bond acceptors (Lipinski definition) is 3. The second-order valence-corrected chi connectivity index (χ2v) is 5.05. The van der Waals surface area contributed by atoms with Gasteiger partial charge in [0.2, 0.25) is 0 Å². The standard InChI is InChI=1S/C18H19FO3/c1-13-7-8-18(15(11-13)17(20)9-10-21-2)22-12-14-5-3-4-6-16(14)19/h3-8,11H,9-10,12H2,1-2H3. The molecule has 2 aromatic carbocycles. The van der Waals surface area contributed by atoms with Crippen LogP contribution < -0.4 is 4.74 Å². The van der Waals surface area contributed by atoms with Crippen molar-refractivity contribution in [2.24, 2.45) is 0 Å². The molecule has 0 amide bonds. The van der Waals surface area contributed by atoms with Crippen LogP contribution in [0.5, 0.6) is 5.75 Å². The van der Waals surface area contributed by atoms with Crippen molar-refractivity contribution in [3.05, 3.63) is 65.0 Å². The molecule has 0 aliphatic rings. The molecule has 0 saturated carbocycles. The fraction of sp³-hybridized carbons (Fsp3) is 0.278. The van der Waals surface area contributed by atoms with Crippen LogP contribution in [0, 0.1) is 12.7 Å². The lowest BCUT2D eigenvalue weighted by Gasteiger charge is -2.12. The number of halogens is 1. The summed E-state index contributed by atoms with van der Waals surface area (Å²) in [5.74, 6) is 0.103. The van der Waals surface area contributed by atoms with E-state index in [0.717, 1.165) is 5.56 Å². The van der Waals surface area contributed by atoms with Crippen LogP contribution in [0.4, 0.5) is 4.39 Å². The Bertz CT molecular complexity index is 653. The van der Waals surface area contributed by atoms with Gasteiger partial charge in [-0.25, -0.2) is 4.39 Å². The van der Waals surface area contributed by atoms with E-state index < -0.39 is 0 Å². The molecule has 2 rings (SSSR count). The topological polar surface area (TPSA) is 35.5 Å². The summed E-state index contributed by atoms with van der Waals surface area (Å²) in [4.78, 5) is 12.2. The van der Waals surface area contributed by atoms with Gasteiger partial charge in [0.25, 0.3) is 0 Å². The molecule has 2 aromatic rings. The van der Waals surface area contributed by atoms with Gasteiger partial charge in [0.1, 0.15) is 18.2 Å². The first kappa shape index (κ1) is 16.2. The quantitative estimate of drug-likeness (QED) is 0.727. The molecule has 116 valence electrons. The highest BCUT2D eigenvalue weighted by Gasteiger charge is 2.13. The molecule has 0 unspecified atom stereocenters. The third kappa shape index (κ3) is 4.15. The van der Waals surface area contributed by atoms with Crippen molar-refractivity contribution in [2.75, 3.05) is 13.7 Å². The summed E-state index contributed by atoms with van der Waals surface area (Å²) < 4.78 is 24.2. The number of benzene rings is 2. The van der Waals surface area contributed by atoms with Crippen LogP contribution >= 0.6 is 0 Å². The zero-order valence-corrected chi connectivity index (χ0v) is 12.8. The smallest absolute Gasteiger partial charge is 0.168 e. The largest absolute Gasteiger partial charge is 0.488 e. The summed E-state index contributed by atoms with van der Waals surface area (Å²) in [6.45, 7) is 2.35. The summed E-state index contributed by atoms with van der Waals surface area (Å²) in [7, 11) is 1.55. The fourth-order valence-electron chi connectivity index (χ4n) is 2.09. The maximum Gasteiger partial charge on any atom is 0.168 e. The van der Waals surface area contributed by atoms with Gasteiger partial charge in [-0.05, 0) is 25.1 Å². The summed E-state index contributed by atoms with van der Waals surface area (Å²) in [6.07, 6.45) is 0.288. The number of hydrogen-bond donors (Lipinski definition) is 0. The zero-order valence-electron chi connectivity index (χ0n) is 12.8. The number of aryl methyl sites for hydroxylation is 1. The maximum absolute atomic E-state index is 13.6. The van der Waals surface area contributed by atoms with Crippen molar-refractivity contribution in [2.45, 2.75) is 20.0 Å². The van der Waals surface area contributed by atoms with E-state index in [1.165, 1.54) is 6.07 Å². The van der Waals surface area contributed by atoms with E-state index in [-0.39, 0.29) is 24.6 Å². The summed E-state index contributed by atoms with van der Waals surface area (Å²) >= 11 is 0. The minimum atomic E-state index is -0.318. The molecule has 0 fully saturated rings. The van der Waals surface area contributed by atoms with Crippen LogP contribution in [0.1, 0.15) is 27.9 Å². The summed E-state index contributed by atoms with van der Waals surface area (Å²) in [6, 6.07) is 11.8. The molecular formula is C18H19FO3. The van der Waals surface area contributed by atoms with Gasteiger partial charge in [0.15, 0.2) is 5.78 Å². The monoisotopic (exact) mass is 302 g/mol. The number of ketones is 1. The molecule has 0 spiro atoms. The molecule has 0 atom stereocenters. The summed E-state index contributed by atoms with van der Waals surface area (Å²) in [5, 5.41) is 0. The highest BCUT2D eigenvalue weighted by molar-refractivity contribution is 5.98. The Morgan fingerprint density at radius 2 is 1.95 bits per heavy atom. The maximum atomic E-state index is 13.6. The number of Topliss-reactive ketones (excluding diaryl/α,β-unsaturated/α-hetero) is 1. The molecule has 22 heavy (non-hydrogen) atoms. The Morgan fingerprint density at radius 3 is 2.68 bits per heavy atom. The Labute approximate surface area is 129 Å². The van der Waals surface area contributed by atoms with Crippen LogP contribution in [0.3, 0.4) is 0 Å². The summed E-state index contributed by atoms with van der Waals surface area (Å²) in [5.41, 5.74) is 1.94. The van der Waals surface area contributed by atoms with Crippen molar-refractivity contribution in [3.63, 3.8) is 0 Å². The van der Waals surface area contributed by atoms with Gasteiger partial charge in [-0.1, -0.05) is 29.8 Å². The third-order valence-corrected chi connectivity index (χ3v) is 3.31. The van der Waals surface area contributed by atoms with E-state index in [0.29, 0.717) is 23.5 Å². The minimum absolute atomic E-state index is 0.0471. The van der Waals surface area contributed by atoms with Gasteiger partial charge in [0, 0.05) is 19.1 Å². The number of carbonyl (C=O) groups excluding carboxylic acids is 1. The highest BCUT2D eigenvalue weighted by Crippen LogP contribution is 2.23. The zero-order chi connectivity index (χ0) is 15.9. The Morgan fingerprint density at radius 1 is 1.18 bits per heavy atom. The normalized spacial score (nSPS) is 10.5. The molecule has 0 aliphatic carbocycles. The molecule has 0 aromatic heterocycles. The van der Waals surface area contributed by atoms with Crippen molar-refractivity contribution < 1.29 is 18.7 Å². The van der Waals surface area contributed by atoms with Crippen molar-refractivity contribution in [1.82, 2.24) is 0 Å². The molecule has 0 saturated heterocycles. The predicted molar refractivity (Wildman–Crippen MR) is 82.7 cm³/mol. The lowest BCUT2D eigenvalue weighted by molar-refractivity contribution is 0.0927. The number of ether oxygens (including phenoxy) is 2. The Kier molecular flexibility index (Phi) is 5.67. The molecule has 4 heteroatoms. The first-order chi connectivity index (χ1) is 10.6. The van der Waals surface area contributed by atoms with E-state index in [4.69, 9.17) is 9.47 Å².